The van der Waals surface area contributed by atoms with Gasteiger partial charge in [0.25, 0.3) is 0 Å². The maximum absolute atomic E-state index is 5.06. The highest BCUT2D eigenvalue weighted by Gasteiger charge is 2.12. The summed E-state index contributed by atoms with van der Waals surface area (Å²) in [5, 5.41) is 6.50. The van der Waals surface area contributed by atoms with Gasteiger partial charge in [-0.05, 0) is 43.9 Å². The van der Waals surface area contributed by atoms with Crippen molar-refractivity contribution in [3.63, 3.8) is 0 Å². The van der Waals surface area contributed by atoms with E-state index in [0.717, 1.165) is 38.0 Å². The van der Waals surface area contributed by atoms with Gasteiger partial charge in [0.15, 0.2) is 5.96 Å². The van der Waals surface area contributed by atoms with Crippen molar-refractivity contribution in [3.8, 4) is 0 Å². The Bertz CT molecular complexity index is 492. The quantitative estimate of drug-likeness (QED) is 0.291. The number of halogens is 1. The second-order valence-corrected chi connectivity index (χ2v) is 5.68. The van der Waals surface area contributed by atoms with Crippen molar-refractivity contribution in [2.45, 2.75) is 32.7 Å². The summed E-state index contributed by atoms with van der Waals surface area (Å²) in [5.74, 6) is 1.90. The van der Waals surface area contributed by atoms with E-state index in [-0.39, 0.29) is 24.0 Å². The van der Waals surface area contributed by atoms with Gasteiger partial charge in [0.05, 0.1) is 13.2 Å². The summed E-state index contributed by atoms with van der Waals surface area (Å²) in [5.41, 5.74) is 1.18. The van der Waals surface area contributed by atoms with Crippen LogP contribution in [0.4, 0.5) is 5.82 Å². The Morgan fingerprint density at radius 1 is 1.29 bits per heavy atom. The Morgan fingerprint density at radius 2 is 2.08 bits per heavy atom. The maximum Gasteiger partial charge on any atom is 0.191 e. The average Bonchev–Trinajstić information content (AvgIpc) is 2.61. The third kappa shape index (κ3) is 7.21. The lowest BCUT2D eigenvalue weighted by Crippen LogP contribution is -2.38. The van der Waals surface area contributed by atoms with Gasteiger partial charge in [0.1, 0.15) is 5.82 Å². The van der Waals surface area contributed by atoms with Gasteiger partial charge in [-0.1, -0.05) is 0 Å². The minimum absolute atomic E-state index is 0. The molecule has 0 bridgehead atoms. The third-order valence-electron chi connectivity index (χ3n) is 3.85. The molecule has 0 atom stereocenters. The topological polar surface area (TPSA) is 61.8 Å². The van der Waals surface area contributed by atoms with Crippen LogP contribution in [0.1, 0.15) is 31.7 Å². The smallest absolute Gasteiger partial charge is 0.191 e. The van der Waals surface area contributed by atoms with Crippen molar-refractivity contribution < 1.29 is 4.74 Å². The van der Waals surface area contributed by atoms with E-state index in [2.05, 4.69) is 38.5 Å². The van der Waals surface area contributed by atoms with E-state index in [1.807, 2.05) is 12.3 Å². The zero-order valence-corrected chi connectivity index (χ0v) is 17.1. The summed E-state index contributed by atoms with van der Waals surface area (Å²) in [6.45, 7) is 7.19. The van der Waals surface area contributed by atoms with E-state index in [1.165, 1.54) is 24.8 Å². The standard InChI is InChI=1S/C17H29N5O.HI/c1-3-18-17(20-9-12-23-2)21-14-15-7-8-19-16(13-15)22-10-5-4-6-11-22;/h7-8,13H,3-6,9-12,14H2,1-2H3,(H2,18,20,21);1H. The average molecular weight is 447 g/mol. The summed E-state index contributed by atoms with van der Waals surface area (Å²) in [6.07, 6.45) is 5.75. The number of pyridine rings is 1. The molecule has 0 aliphatic carbocycles. The predicted octanol–water partition coefficient (Wildman–Crippen LogP) is 2.39. The molecular formula is C17H30IN5O. The Balaban J connectivity index is 0.00000288. The van der Waals surface area contributed by atoms with Gasteiger partial charge >= 0.3 is 0 Å². The highest BCUT2D eigenvalue weighted by molar-refractivity contribution is 14.0. The number of methoxy groups -OCH3 is 1. The molecule has 1 aliphatic rings. The fourth-order valence-electron chi connectivity index (χ4n) is 2.64. The first-order valence-corrected chi connectivity index (χ1v) is 8.54. The lowest BCUT2D eigenvalue weighted by Gasteiger charge is -2.27. The molecule has 1 aliphatic heterocycles. The molecule has 0 amide bonds. The summed E-state index contributed by atoms with van der Waals surface area (Å²) in [7, 11) is 1.70. The first-order valence-electron chi connectivity index (χ1n) is 8.54. The summed E-state index contributed by atoms with van der Waals surface area (Å²) < 4.78 is 5.06. The number of hydrogen-bond acceptors (Lipinski definition) is 4. The van der Waals surface area contributed by atoms with Crippen molar-refractivity contribution in [1.82, 2.24) is 15.6 Å². The van der Waals surface area contributed by atoms with E-state index in [4.69, 9.17) is 4.74 Å². The molecule has 1 fully saturated rings. The van der Waals surface area contributed by atoms with Gasteiger partial charge < -0.3 is 20.3 Å². The van der Waals surface area contributed by atoms with Crippen LogP contribution in [-0.4, -0.2) is 50.8 Å². The number of piperidine rings is 1. The number of aromatic nitrogens is 1. The molecule has 0 saturated carbocycles. The highest BCUT2D eigenvalue weighted by Crippen LogP contribution is 2.18. The van der Waals surface area contributed by atoms with Crippen LogP contribution < -0.4 is 15.5 Å². The highest BCUT2D eigenvalue weighted by atomic mass is 127. The maximum atomic E-state index is 5.06. The minimum atomic E-state index is 0. The van der Waals surface area contributed by atoms with Gasteiger partial charge in [0.2, 0.25) is 0 Å². The molecule has 2 heterocycles. The Labute approximate surface area is 162 Å². The van der Waals surface area contributed by atoms with Crippen LogP contribution in [0, 0.1) is 0 Å². The molecule has 2 N–H and O–H groups in total. The number of nitrogens with one attached hydrogen (secondary N) is 2. The number of anilines is 1. The molecule has 2 rings (SSSR count). The first-order chi connectivity index (χ1) is 11.3. The second-order valence-electron chi connectivity index (χ2n) is 5.68. The lowest BCUT2D eigenvalue weighted by molar-refractivity contribution is 0.203. The van der Waals surface area contributed by atoms with Crippen molar-refractivity contribution >= 4 is 35.8 Å². The van der Waals surface area contributed by atoms with Gasteiger partial charge in [-0.25, -0.2) is 9.98 Å². The van der Waals surface area contributed by atoms with Crippen molar-refractivity contribution in [2.75, 3.05) is 44.8 Å². The number of ether oxygens (including phenoxy) is 1. The normalized spacial score (nSPS) is 14.9. The monoisotopic (exact) mass is 447 g/mol. The van der Waals surface area contributed by atoms with Crippen LogP contribution in [0.2, 0.25) is 0 Å². The number of guanidine groups is 1. The molecule has 6 nitrogen and oxygen atoms in total. The molecule has 0 aromatic carbocycles. The molecule has 1 aromatic rings. The fraction of sp³-hybridized carbons (Fsp3) is 0.647. The zero-order valence-electron chi connectivity index (χ0n) is 14.8. The van der Waals surface area contributed by atoms with Crippen LogP contribution in [0.15, 0.2) is 23.3 Å². The lowest BCUT2D eigenvalue weighted by atomic mass is 10.1. The van der Waals surface area contributed by atoms with Crippen molar-refractivity contribution in [2.24, 2.45) is 4.99 Å². The predicted molar refractivity (Wildman–Crippen MR) is 110 cm³/mol. The van der Waals surface area contributed by atoms with Crippen LogP contribution in [0.25, 0.3) is 0 Å². The molecule has 136 valence electrons. The van der Waals surface area contributed by atoms with Gasteiger partial charge in [-0.15, -0.1) is 24.0 Å². The van der Waals surface area contributed by atoms with Crippen LogP contribution in [0.5, 0.6) is 0 Å². The van der Waals surface area contributed by atoms with Gasteiger partial charge in [0, 0.05) is 39.5 Å². The minimum Gasteiger partial charge on any atom is -0.383 e. The molecule has 1 aromatic heterocycles. The largest absolute Gasteiger partial charge is 0.383 e. The number of hydrogen-bond donors (Lipinski definition) is 2. The molecule has 0 radical (unpaired) electrons. The third-order valence-corrected chi connectivity index (χ3v) is 3.85. The summed E-state index contributed by atoms with van der Waals surface area (Å²) >= 11 is 0. The van der Waals surface area contributed by atoms with Crippen LogP contribution in [-0.2, 0) is 11.3 Å². The molecule has 1 saturated heterocycles. The van der Waals surface area contributed by atoms with E-state index in [9.17, 15) is 0 Å². The molecular weight excluding hydrogens is 417 g/mol. The van der Waals surface area contributed by atoms with E-state index in [1.54, 1.807) is 7.11 Å². The van der Waals surface area contributed by atoms with Crippen LogP contribution in [0.3, 0.4) is 0 Å². The van der Waals surface area contributed by atoms with Crippen molar-refractivity contribution in [3.05, 3.63) is 23.9 Å². The summed E-state index contributed by atoms with van der Waals surface area (Å²) in [6, 6.07) is 4.20. The Hall–Kier alpha value is -1.09. The van der Waals surface area contributed by atoms with Gasteiger partial charge in [-0.3, -0.25) is 0 Å². The summed E-state index contributed by atoms with van der Waals surface area (Å²) in [4.78, 5) is 11.5. The molecule has 0 unspecified atom stereocenters. The van der Waals surface area contributed by atoms with E-state index < -0.39 is 0 Å². The molecule has 0 spiro atoms. The number of nitrogens with zero attached hydrogens (tertiary/aromatic N) is 3. The fourth-order valence-corrected chi connectivity index (χ4v) is 2.64. The van der Waals surface area contributed by atoms with Crippen LogP contribution >= 0.6 is 24.0 Å². The van der Waals surface area contributed by atoms with Gasteiger partial charge in [-0.2, -0.15) is 0 Å². The Kier molecular flexibility index (Phi) is 10.7. The molecule has 7 heteroatoms. The van der Waals surface area contributed by atoms with Crippen molar-refractivity contribution in [1.29, 1.82) is 0 Å². The second kappa shape index (κ2) is 12.3. The zero-order chi connectivity index (χ0) is 16.3. The van der Waals surface area contributed by atoms with E-state index >= 15 is 0 Å². The Morgan fingerprint density at radius 3 is 2.79 bits per heavy atom. The number of aliphatic imine (C=N–C) groups is 1. The first kappa shape index (κ1) is 21.0. The SMILES string of the molecule is CCNC(=NCc1ccnc(N2CCCCC2)c1)NCCOC.I. The number of rotatable bonds is 7. The van der Waals surface area contributed by atoms with E-state index in [0.29, 0.717) is 13.2 Å². The molecule has 24 heavy (non-hydrogen) atoms.